The summed E-state index contributed by atoms with van der Waals surface area (Å²) in [4.78, 5) is 0. The first kappa shape index (κ1) is 20.7. The molecule has 0 amide bonds. The molecule has 0 fully saturated rings. The van der Waals surface area contributed by atoms with Crippen LogP contribution in [0, 0.1) is 11.3 Å². The molecule has 4 aromatic rings. The second-order valence-corrected chi connectivity index (χ2v) is 6.86. The minimum Gasteiger partial charge on any atom is -0.497 e. The minimum atomic E-state index is 0. The highest BCUT2D eigenvalue weighted by atomic mass is 79.9. The van der Waals surface area contributed by atoms with Crippen LogP contribution in [-0.2, 0) is 5.75 Å². The molecule has 0 unspecified atom stereocenters. The number of ether oxygens (including phenoxy) is 1. The molecule has 0 aliphatic carbocycles. The summed E-state index contributed by atoms with van der Waals surface area (Å²) in [6, 6.07) is 21.1. The van der Waals surface area contributed by atoms with Crippen molar-refractivity contribution in [3.8, 4) is 29.1 Å². The molecule has 0 saturated heterocycles. The van der Waals surface area contributed by atoms with Gasteiger partial charge in [-0.2, -0.15) is 5.26 Å². The van der Waals surface area contributed by atoms with Gasteiger partial charge in [0.25, 0.3) is 0 Å². The first-order valence-electron chi connectivity index (χ1n) is 8.54. The molecule has 0 aliphatic rings. The van der Waals surface area contributed by atoms with Crippen LogP contribution in [0.2, 0.25) is 0 Å². The maximum absolute atomic E-state index is 8.93. The van der Waals surface area contributed by atoms with Gasteiger partial charge in [0.1, 0.15) is 5.75 Å². The Labute approximate surface area is 182 Å². The van der Waals surface area contributed by atoms with E-state index < -0.39 is 0 Å². The Morgan fingerprint density at radius 3 is 2.45 bits per heavy atom. The van der Waals surface area contributed by atoms with Crippen molar-refractivity contribution in [1.29, 1.82) is 5.26 Å². The third kappa shape index (κ3) is 4.53. The SMILES string of the molecule is Br.COc1ccc(-n2c(SCc3ccc(C#N)cc3)nnc2-c2ccco2)cc1. The summed E-state index contributed by atoms with van der Waals surface area (Å²) in [6.45, 7) is 0. The van der Waals surface area contributed by atoms with E-state index >= 15 is 0 Å². The lowest BCUT2D eigenvalue weighted by atomic mass is 10.2. The molecule has 4 rings (SSSR count). The number of hydrogen-bond acceptors (Lipinski definition) is 6. The predicted molar refractivity (Wildman–Crippen MR) is 117 cm³/mol. The summed E-state index contributed by atoms with van der Waals surface area (Å²) in [5.41, 5.74) is 2.67. The third-order valence-electron chi connectivity index (χ3n) is 4.16. The summed E-state index contributed by atoms with van der Waals surface area (Å²) in [5, 5.41) is 18.4. The fourth-order valence-electron chi connectivity index (χ4n) is 2.72. The quantitative estimate of drug-likeness (QED) is 0.358. The van der Waals surface area contributed by atoms with Gasteiger partial charge in [0.2, 0.25) is 5.82 Å². The van der Waals surface area contributed by atoms with Crippen molar-refractivity contribution >= 4 is 28.7 Å². The van der Waals surface area contributed by atoms with E-state index in [-0.39, 0.29) is 17.0 Å². The smallest absolute Gasteiger partial charge is 0.205 e. The highest BCUT2D eigenvalue weighted by Gasteiger charge is 2.18. The number of aromatic nitrogens is 3. The van der Waals surface area contributed by atoms with E-state index in [2.05, 4.69) is 16.3 Å². The van der Waals surface area contributed by atoms with Gasteiger partial charge in [0.05, 0.1) is 30.7 Å². The molecule has 8 heteroatoms. The molecule has 0 N–H and O–H groups in total. The van der Waals surface area contributed by atoms with E-state index in [0.29, 0.717) is 22.9 Å². The van der Waals surface area contributed by atoms with Crippen molar-refractivity contribution in [2.75, 3.05) is 7.11 Å². The molecule has 29 heavy (non-hydrogen) atoms. The monoisotopic (exact) mass is 468 g/mol. The van der Waals surface area contributed by atoms with Crippen LogP contribution < -0.4 is 4.74 Å². The lowest BCUT2D eigenvalue weighted by molar-refractivity contribution is 0.414. The van der Waals surface area contributed by atoms with Crippen molar-refractivity contribution in [2.45, 2.75) is 10.9 Å². The summed E-state index contributed by atoms with van der Waals surface area (Å²) in [5.74, 6) is 2.77. The molecule has 146 valence electrons. The number of nitrogens with zero attached hydrogens (tertiary/aromatic N) is 4. The van der Waals surface area contributed by atoms with Crippen LogP contribution in [0.15, 0.2) is 76.5 Å². The van der Waals surface area contributed by atoms with Crippen molar-refractivity contribution in [1.82, 2.24) is 14.8 Å². The largest absolute Gasteiger partial charge is 0.497 e. The second kappa shape index (κ2) is 9.45. The zero-order valence-electron chi connectivity index (χ0n) is 15.5. The van der Waals surface area contributed by atoms with Gasteiger partial charge < -0.3 is 9.15 Å². The van der Waals surface area contributed by atoms with Crippen LogP contribution in [0.3, 0.4) is 0 Å². The average molecular weight is 469 g/mol. The Morgan fingerprint density at radius 1 is 1.07 bits per heavy atom. The highest BCUT2D eigenvalue weighted by molar-refractivity contribution is 8.93. The summed E-state index contributed by atoms with van der Waals surface area (Å²) >= 11 is 1.57. The molecule has 6 nitrogen and oxygen atoms in total. The lowest BCUT2D eigenvalue weighted by Crippen LogP contribution is -1.99. The van der Waals surface area contributed by atoms with Gasteiger partial charge in [-0.15, -0.1) is 27.2 Å². The Morgan fingerprint density at radius 2 is 1.83 bits per heavy atom. The molecule has 2 aromatic carbocycles. The van der Waals surface area contributed by atoms with Crippen molar-refractivity contribution in [3.63, 3.8) is 0 Å². The number of thioether (sulfide) groups is 1. The molecule has 0 radical (unpaired) electrons. The number of nitriles is 1. The summed E-state index contributed by atoms with van der Waals surface area (Å²) in [7, 11) is 1.64. The zero-order chi connectivity index (χ0) is 19.3. The van der Waals surface area contributed by atoms with Gasteiger partial charge in [-0.1, -0.05) is 23.9 Å². The fraction of sp³-hybridized carbons (Fsp3) is 0.0952. The molecule has 2 heterocycles. The summed E-state index contributed by atoms with van der Waals surface area (Å²) in [6.07, 6.45) is 1.62. The van der Waals surface area contributed by atoms with Gasteiger partial charge in [0, 0.05) is 5.75 Å². The Hall–Kier alpha value is -3.02. The molecule has 0 atom stereocenters. The number of hydrogen-bond donors (Lipinski definition) is 0. The second-order valence-electron chi connectivity index (χ2n) is 5.91. The molecule has 0 spiro atoms. The molecule has 0 aliphatic heterocycles. The van der Waals surface area contributed by atoms with Gasteiger partial charge >= 0.3 is 0 Å². The van der Waals surface area contributed by atoms with E-state index in [0.717, 1.165) is 22.2 Å². The van der Waals surface area contributed by atoms with Gasteiger partial charge in [-0.25, -0.2) is 0 Å². The highest BCUT2D eigenvalue weighted by Crippen LogP contribution is 2.30. The normalized spacial score (nSPS) is 10.2. The topological polar surface area (TPSA) is 76.9 Å². The van der Waals surface area contributed by atoms with E-state index in [9.17, 15) is 0 Å². The fourth-order valence-corrected chi connectivity index (χ4v) is 3.62. The van der Waals surface area contributed by atoms with Crippen LogP contribution in [0.4, 0.5) is 0 Å². The summed E-state index contributed by atoms with van der Waals surface area (Å²) < 4.78 is 12.8. The standard InChI is InChI=1S/C21H16N4O2S.BrH/c1-26-18-10-8-17(9-11-18)25-20(19-3-2-12-27-19)23-24-21(25)28-14-16-6-4-15(13-22)5-7-16;/h2-12H,14H2,1H3;1H. The molecule has 0 bridgehead atoms. The number of methoxy groups -OCH3 is 1. The van der Waals surface area contributed by atoms with Crippen molar-refractivity contribution in [3.05, 3.63) is 78.1 Å². The van der Waals surface area contributed by atoms with E-state index in [1.54, 1.807) is 25.1 Å². The predicted octanol–water partition coefficient (Wildman–Crippen LogP) is 5.28. The third-order valence-corrected chi connectivity index (χ3v) is 5.16. The number of benzene rings is 2. The number of rotatable bonds is 6. The Balaban J connectivity index is 0.00000240. The van der Waals surface area contributed by atoms with Gasteiger partial charge in [-0.05, 0) is 54.1 Å². The van der Waals surface area contributed by atoms with Crippen LogP contribution in [0.25, 0.3) is 17.3 Å². The molecular formula is C21H17BrN4O2S. The van der Waals surface area contributed by atoms with Crippen LogP contribution in [0.1, 0.15) is 11.1 Å². The Bertz CT molecular complexity index is 1100. The average Bonchev–Trinajstić information content (AvgIpc) is 3.42. The maximum atomic E-state index is 8.93. The lowest BCUT2D eigenvalue weighted by Gasteiger charge is -2.10. The van der Waals surface area contributed by atoms with Crippen LogP contribution in [0.5, 0.6) is 5.75 Å². The van der Waals surface area contributed by atoms with E-state index in [4.69, 9.17) is 14.4 Å². The van der Waals surface area contributed by atoms with E-state index in [1.165, 1.54) is 0 Å². The van der Waals surface area contributed by atoms with Gasteiger partial charge in [-0.3, -0.25) is 4.57 Å². The number of halogens is 1. The van der Waals surface area contributed by atoms with Crippen LogP contribution in [-0.4, -0.2) is 21.9 Å². The van der Waals surface area contributed by atoms with Gasteiger partial charge in [0.15, 0.2) is 10.9 Å². The molecule has 2 aromatic heterocycles. The van der Waals surface area contributed by atoms with E-state index in [1.807, 2.05) is 65.2 Å². The maximum Gasteiger partial charge on any atom is 0.205 e. The van der Waals surface area contributed by atoms with Crippen molar-refractivity contribution < 1.29 is 9.15 Å². The number of furan rings is 1. The van der Waals surface area contributed by atoms with Crippen molar-refractivity contribution in [2.24, 2.45) is 0 Å². The van der Waals surface area contributed by atoms with Crippen LogP contribution >= 0.6 is 28.7 Å². The zero-order valence-corrected chi connectivity index (χ0v) is 18.0. The Kier molecular flexibility index (Phi) is 6.75. The minimum absolute atomic E-state index is 0. The first-order valence-corrected chi connectivity index (χ1v) is 9.52. The molecule has 0 saturated carbocycles. The first-order chi connectivity index (χ1) is 13.8. The molecular weight excluding hydrogens is 452 g/mol.